The monoisotopic (exact) mass is 253 g/mol. The molecule has 1 aliphatic heterocycles. The van der Waals surface area contributed by atoms with Gasteiger partial charge >= 0.3 is 0 Å². The molecule has 0 spiro atoms. The molecular weight excluding hydrogens is 234 g/mol. The summed E-state index contributed by atoms with van der Waals surface area (Å²) in [5.41, 5.74) is 0. The molecule has 0 radical (unpaired) electrons. The van der Waals surface area contributed by atoms with E-state index >= 15 is 0 Å². The summed E-state index contributed by atoms with van der Waals surface area (Å²) < 4.78 is 4.47. The number of rotatable bonds is 4. The normalized spacial score (nSPS) is 25.2. The fraction of sp³-hybridized carbons (Fsp3) is 0.833. The van der Waals surface area contributed by atoms with E-state index in [1.165, 1.54) is 43.6 Å². The molecule has 1 saturated carbocycles. The van der Waals surface area contributed by atoms with Crippen LogP contribution in [0.2, 0.25) is 0 Å². The van der Waals surface area contributed by atoms with Crippen LogP contribution >= 0.6 is 11.5 Å². The first-order valence-corrected chi connectivity index (χ1v) is 7.37. The maximum Gasteiger partial charge on any atom is 0.205 e. The molecule has 1 aromatic heterocycles. The van der Waals surface area contributed by atoms with Crippen LogP contribution in [0.1, 0.15) is 50.3 Å². The lowest BCUT2D eigenvalue weighted by Crippen LogP contribution is -2.40. The number of aliphatic hydroxyl groups is 1. The minimum absolute atomic E-state index is 0.273. The second kappa shape index (κ2) is 4.90. The summed E-state index contributed by atoms with van der Waals surface area (Å²) in [6.07, 6.45) is 7.07. The predicted molar refractivity (Wildman–Crippen MR) is 68.6 cm³/mol. The standard InChI is InChI=1S/C12H19N3OS/c16-8-6-10-3-1-2-7-15(10)12-13-11(14-17-12)9-4-5-9/h9-10,16H,1-8H2. The Morgan fingerprint density at radius 3 is 2.94 bits per heavy atom. The smallest absolute Gasteiger partial charge is 0.205 e. The van der Waals surface area contributed by atoms with Crippen molar-refractivity contribution in [2.24, 2.45) is 0 Å². The number of nitrogens with zero attached hydrogens (tertiary/aromatic N) is 3. The average Bonchev–Trinajstić information content (AvgIpc) is 3.09. The molecule has 1 N–H and O–H groups in total. The fourth-order valence-electron chi connectivity index (χ4n) is 2.55. The highest BCUT2D eigenvalue weighted by molar-refractivity contribution is 7.09. The second-order valence-electron chi connectivity index (χ2n) is 5.06. The number of aliphatic hydroxyl groups excluding tert-OH is 1. The molecule has 1 unspecified atom stereocenters. The molecule has 2 fully saturated rings. The molecule has 2 heterocycles. The highest BCUT2D eigenvalue weighted by atomic mass is 32.1. The van der Waals surface area contributed by atoms with Crippen molar-refractivity contribution in [2.45, 2.75) is 50.5 Å². The first kappa shape index (κ1) is 11.4. The first-order chi connectivity index (χ1) is 8.38. The predicted octanol–water partition coefficient (Wildman–Crippen LogP) is 2.16. The quantitative estimate of drug-likeness (QED) is 0.893. The van der Waals surface area contributed by atoms with Crippen LogP contribution in [-0.4, -0.2) is 33.7 Å². The van der Waals surface area contributed by atoms with Crippen molar-refractivity contribution in [2.75, 3.05) is 18.1 Å². The summed E-state index contributed by atoms with van der Waals surface area (Å²) >= 11 is 1.54. The van der Waals surface area contributed by atoms with Gasteiger partial charge in [-0.1, -0.05) is 0 Å². The van der Waals surface area contributed by atoms with Gasteiger partial charge in [0.2, 0.25) is 5.13 Å². The second-order valence-corrected chi connectivity index (χ2v) is 5.80. The number of aromatic nitrogens is 2. The van der Waals surface area contributed by atoms with Gasteiger partial charge in [0.05, 0.1) is 0 Å². The van der Waals surface area contributed by atoms with Gasteiger partial charge < -0.3 is 10.0 Å². The van der Waals surface area contributed by atoms with Crippen molar-refractivity contribution in [1.29, 1.82) is 0 Å². The topological polar surface area (TPSA) is 49.2 Å². The van der Waals surface area contributed by atoms with Gasteiger partial charge in [-0.05, 0) is 38.5 Å². The summed E-state index contributed by atoms with van der Waals surface area (Å²) in [6.45, 7) is 1.35. The van der Waals surface area contributed by atoms with Crippen molar-refractivity contribution in [3.8, 4) is 0 Å². The molecule has 4 nitrogen and oxygen atoms in total. The van der Waals surface area contributed by atoms with Crippen molar-refractivity contribution < 1.29 is 5.11 Å². The third-order valence-corrected chi connectivity index (χ3v) is 4.48. The Hall–Kier alpha value is -0.680. The van der Waals surface area contributed by atoms with Gasteiger partial charge in [0.15, 0.2) is 0 Å². The number of piperidine rings is 1. The average molecular weight is 253 g/mol. The van der Waals surface area contributed by atoms with Crippen LogP contribution in [-0.2, 0) is 0 Å². The van der Waals surface area contributed by atoms with E-state index in [1.54, 1.807) is 0 Å². The van der Waals surface area contributed by atoms with Crippen LogP contribution in [0.3, 0.4) is 0 Å². The van der Waals surface area contributed by atoms with Crippen LogP contribution in [0.15, 0.2) is 0 Å². The van der Waals surface area contributed by atoms with Gasteiger partial charge in [-0.3, -0.25) is 0 Å². The molecule has 2 aliphatic rings. The lowest BCUT2D eigenvalue weighted by molar-refractivity contribution is 0.262. The highest BCUT2D eigenvalue weighted by Crippen LogP contribution is 2.40. The number of hydrogen-bond acceptors (Lipinski definition) is 5. The van der Waals surface area contributed by atoms with Crippen molar-refractivity contribution in [3.05, 3.63) is 5.82 Å². The maximum absolute atomic E-state index is 9.13. The summed E-state index contributed by atoms with van der Waals surface area (Å²) in [5, 5.41) is 10.2. The van der Waals surface area contributed by atoms with E-state index in [1.807, 2.05) is 0 Å². The zero-order chi connectivity index (χ0) is 11.7. The van der Waals surface area contributed by atoms with Gasteiger partial charge in [-0.15, -0.1) is 0 Å². The van der Waals surface area contributed by atoms with E-state index in [9.17, 15) is 0 Å². The Morgan fingerprint density at radius 2 is 2.18 bits per heavy atom. The van der Waals surface area contributed by atoms with E-state index < -0.39 is 0 Å². The molecule has 1 atom stereocenters. The van der Waals surface area contributed by atoms with Crippen LogP contribution in [0.25, 0.3) is 0 Å². The Kier molecular flexibility index (Phi) is 3.29. The van der Waals surface area contributed by atoms with Gasteiger partial charge in [0.1, 0.15) is 5.82 Å². The van der Waals surface area contributed by atoms with Crippen LogP contribution in [0, 0.1) is 0 Å². The summed E-state index contributed by atoms with van der Waals surface area (Å²) in [4.78, 5) is 7.04. The summed E-state index contributed by atoms with van der Waals surface area (Å²) in [5.74, 6) is 1.69. The van der Waals surface area contributed by atoms with Crippen LogP contribution in [0.5, 0.6) is 0 Å². The van der Waals surface area contributed by atoms with Gasteiger partial charge in [-0.2, -0.15) is 4.37 Å². The maximum atomic E-state index is 9.13. The molecule has 0 bridgehead atoms. The summed E-state index contributed by atoms with van der Waals surface area (Å²) in [7, 11) is 0. The van der Waals surface area contributed by atoms with E-state index in [0.717, 1.165) is 23.9 Å². The first-order valence-electron chi connectivity index (χ1n) is 6.59. The third kappa shape index (κ3) is 2.45. The molecule has 0 aromatic carbocycles. The van der Waals surface area contributed by atoms with Gasteiger partial charge in [0.25, 0.3) is 0 Å². The van der Waals surface area contributed by atoms with Crippen molar-refractivity contribution >= 4 is 16.7 Å². The molecular formula is C12H19N3OS. The van der Waals surface area contributed by atoms with E-state index in [4.69, 9.17) is 5.11 Å². The van der Waals surface area contributed by atoms with Gasteiger partial charge in [-0.25, -0.2) is 4.98 Å². The largest absolute Gasteiger partial charge is 0.396 e. The third-order valence-electron chi connectivity index (χ3n) is 3.71. The Labute approximate surface area is 106 Å². The molecule has 1 aromatic rings. The highest BCUT2D eigenvalue weighted by Gasteiger charge is 2.30. The number of hydrogen-bond donors (Lipinski definition) is 1. The van der Waals surface area contributed by atoms with Crippen LogP contribution in [0.4, 0.5) is 5.13 Å². The van der Waals surface area contributed by atoms with Gasteiger partial charge in [0, 0.05) is 36.6 Å². The van der Waals surface area contributed by atoms with Crippen molar-refractivity contribution in [3.63, 3.8) is 0 Å². The Balaban J connectivity index is 1.74. The lowest BCUT2D eigenvalue weighted by atomic mass is 10.0. The minimum atomic E-state index is 0.273. The zero-order valence-corrected chi connectivity index (χ0v) is 10.8. The molecule has 3 rings (SSSR count). The van der Waals surface area contributed by atoms with E-state index in [2.05, 4.69) is 14.3 Å². The minimum Gasteiger partial charge on any atom is -0.396 e. The molecule has 94 valence electrons. The summed E-state index contributed by atoms with van der Waals surface area (Å²) in [6, 6.07) is 0.466. The SMILES string of the molecule is OCCC1CCCCN1c1nc(C2CC2)ns1. The molecule has 1 aliphatic carbocycles. The Morgan fingerprint density at radius 1 is 1.29 bits per heavy atom. The number of anilines is 1. The van der Waals surface area contributed by atoms with E-state index in [0.29, 0.717) is 12.0 Å². The van der Waals surface area contributed by atoms with Crippen molar-refractivity contribution in [1.82, 2.24) is 9.36 Å². The molecule has 0 amide bonds. The molecule has 1 saturated heterocycles. The van der Waals surface area contributed by atoms with E-state index in [-0.39, 0.29) is 6.61 Å². The Bertz CT molecular complexity index is 376. The van der Waals surface area contributed by atoms with Crippen LogP contribution < -0.4 is 4.90 Å². The molecule has 17 heavy (non-hydrogen) atoms. The fourth-order valence-corrected chi connectivity index (χ4v) is 3.40. The lowest BCUT2D eigenvalue weighted by Gasteiger charge is -2.34. The zero-order valence-electron chi connectivity index (χ0n) is 10.0. The molecule has 5 heteroatoms.